The number of rotatable bonds is 4. The summed E-state index contributed by atoms with van der Waals surface area (Å²) in [6.45, 7) is 2.29. The number of hydrogen-bond acceptors (Lipinski definition) is 1. The van der Waals surface area contributed by atoms with E-state index in [9.17, 15) is 5.11 Å². The topological polar surface area (TPSA) is 20.2 Å². The Labute approximate surface area is 128 Å². The highest BCUT2D eigenvalue weighted by Gasteiger charge is 2.25. The van der Waals surface area contributed by atoms with Crippen LogP contribution in [0.15, 0.2) is 42.5 Å². The third-order valence-corrected chi connectivity index (χ3v) is 5.27. The minimum atomic E-state index is -0.177. The van der Waals surface area contributed by atoms with E-state index in [-0.39, 0.29) is 6.10 Å². The Morgan fingerprint density at radius 2 is 1.71 bits per heavy atom. The van der Waals surface area contributed by atoms with Gasteiger partial charge in [0.2, 0.25) is 0 Å². The zero-order chi connectivity index (χ0) is 14.7. The summed E-state index contributed by atoms with van der Waals surface area (Å²) in [6.07, 6.45) is 6.93. The molecular weight excluding hydrogens is 256 g/mol. The van der Waals surface area contributed by atoms with E-state index in [0.29, 0.717) is 5.92 Å². The Morgan fingerprint density at radius 3 is 2.43 bits per heavy atom. The monoisotopic (exact) mass is 282 g/mol. The van der Waals surface area contributed by atoms with E-state index in [4.69, 9.17) is 0 Å². The van der Waals surface area contributed by atoms with E-state index in [2.05, 4.69) is 49.4 Å². The van der Waals surface area contributed by atoms with E-state index in [1.165, 1.54) is 48.4 Å². The maximum absolute atomic E-state index is 10.6. The Bertz CT molecular complexity index is 581. The van der Waals surface area contributed by atoms with Crippen LogP contribution in [-0.2, 0) is 6.42 Å². The van der Waals surface area contributed by atoms with Crippen LogP contribution in [0, 0.1) is 11.8 Å². The molecule has 2 aromatic carbocycles. The Balaban J connectivity index is 1.64. The number of aliphatic hydroxyl groups is 1. The SMILES string of the molecule is CCC1CCC(C(O)Cc2ccc3ccccc3c2)CC1. The lowest BCUT2D eigenvalue weighted by Gasteiger charge is -2.31. The lowest BCUT2D eigenvalue weighted by atomic mass is 9.77. The quantitative estimate of drug-likeness (QED) is 0.840. The van der Waals surface area contributed by atoms with E-state index in [1.54, 1.807) is 0 Å². The largest absolute Gasteiger partial charge is 0.392 e. The molecule has 112 valence electrons. The van der Waals surface area contributed by atoms with Crippen LogP contribution in [0.1, 0.15) is 44.6 Å². The highest BCUT2D eigenvalue weighted by molar-refractivity contribution is 5.82. The first-order valence-electron chi connectivity index (χ1n) is 8.42. The van der Waals surface area contributed by atoms with E-state index in [0.717, 1.165) is 12.3 Å². The van der Waals surface area contributed by atoms with Gasteiger partial charge in [-0.25, -0.2) is 0 Å². The summed E-state index contributed by atoms with van der Waals surface area (Å²) >= 11 is 0. The Morgan fingerprint density at radius 1 is 1.00 bits per heavy atom. The normalized spacial score (nSPS) is 24.1. The lowest BCUT2D eigenvalue weighted by Crippen LogP contribution is -2.27. The van der Waals surface area contributed by atoms with Crippen molar-refractivity contribution in [1.82, 2.24) is 0 Å². The van der Waals surface area contributed by atoms with Crippen molar-refractivity contribution in [3.05, 3.63) is 48.0 Å². The first kappa shape index (κ1) is 14.6. The molecule has 0 aliphatic heterocycles. The predicted molar refractivity (Wildman–Crippen MR) is 89.4 cm³/mol. The van der Waals surface area contributed by atoms with Crippen molar-refractivity contribution < 1.29 is 5.11 Å². The molecular formula is C20H26O. The van der Waals surface area contributed by atoms with Crippen LogP contribution in [0.2, 0.25) is 0 Å². The summed E-state index contributed by atoms with van der Waals surface area (Å²) in [5, 5.41) is 13.1. The van der Waals surface area contributed by atoms with Crippen molar-refractivity contribution in [2.45, 2.75) is 51.6 Å². The molecule has 0 amide bonds. The maximum Gasteiger partial charge on any atom is 0.0608 e. The van der Waals surface area contributed by atoms with Gasteiger partial charge in [-0.15, -0.1) is 0 Å². The molecule has 0 saturated heterocycles. The standard InChI is InChI=1S/C20H26O/c1-2-15-7-11-18(12-8-15)20(21)14-16-9-10-17-5-3-4-6-19(17)13-16/h3-6,9-10,13,15,18,20-21H,2,7-8,11-12,14H2,1H3. The zero-order valence-electron chi connectivity index (χ0n) is 13.0. The molecule has 3 rings (SSSR count). The molecule has 1 nitrogen and oxygen atoms in total. The fourth-order valence-corrected chi connectivity index (χ4v) is 3.76. The molecule has 1 heteroatoms. The first-order valence-corrected chi connectivity index (χ1v) is 8.42. The highest BCUT2D eigenvalue weighted by Crippen LogP contribution is 2.33. The van der Waals surface area contributed by atoms with Crippen molar-refractivity contribution in [2.24, 2.45) is 11.8 Å². The molecule has 1 N–H and O–H groups in total. The molecule has 0 bridgehead atoms. The molecule has 1 atom stereocenters. The zero-order valence-corrected chi connectivity index (χ0v) is 13.0. The second kappa shape index (κ2) is 6.62. The molecule has 0 heterocycles. The molecule has 1 saturated carbocycles. The van der Waals surface area contributed by atoms with Gasteiger partial charge in [-0.05, 0) is 47.4 Å². The van der Waals surface area contributed by atoms with Crippen LogP contribution < -0.4 is 0 Å². The molecule has 1 aliphatic rings. The van der Waals surface area contributed by atoms with Gasteiger partial charge in [0.05, 0.1) is 6.10 Å². The highest BCUT2D eigenvalue weighted by atomic mass is 16.3. The lowest BCUT2D eigenvalue weighted by molar-refractivity contribution is 0.0735. The molecule has 21 heavy (non-hydrogen) atoms. The summed E-state index contributed by atoms with van der Waals surface area (Å²) in [7, 11) is 0. The van der Waals surface area contributed by atoms with Gasteiger partial charge in [0.1, 0.15) is 0 Å². The summed E-state index contributed by atoms with van der Waals surface area (Å²) in [5.74, 6) is 1.40. The second-order valence-corrected chi connectivity index (χ2v) is 6.64. The van der Waals surface area contributed by atoms with Gasteiger partial charge in [-0.3, -0.25) is 0 Å². The van der Waals surface area contributed by atoms with Crippen LogP contribution >= 0.6 is 0 Å². The van der Waals surface area contributed by atoms with Crippen molar-refractivity contribution in [3.8, 4) is 0 Å². The number of fused-ring (bicyclic) bond motifs is 1. The predicted octanol–water partition coefficient (Wildman–Crippen LogP) is 4.96. The summed E-state index contributed by atoms with van der Waals surface area (Å²) in [6, 6.07) is 15.0. The van der Waals surface area contributed by atoms with Gasteiger partial charge < -0.3 is 5.11 Å². The third kappa shape index (κ3) is 3.47. The van der Waals surface area contributed by atoms with Crippen molar-refractivity contribution in [1.29, 1.82) is 0 Å². The summed E-state index contributed by atoms with van der Waals surface area (Å²) in [5.41, 5.74) is 1.26. The van der Waals surface area contributed by atoms with E-state index in [1.807, 2.05) is 0 Å². The Hall–Kier alpha value is -1.34. The van der Waals surface area contributed by atoms with Gasteiger partial charge in [0, 0.05) is 0 Å². The summed E-state index contributed by atoms with van der Waals surface area (Å²) in [4.78, 5) is 0. The second-order valence-electron chi connectivity index (χ2n) is 6.64. The van der Waals surface area contributed by atoms with Gasteiger partial charge in [-0.1, -0.05) is 68.7 Å². The van der Waals surface area contributed by atoms with E-state index < -0.39 is 0 Å². The first-order chi connectivity index (χ1) is 10.3. The minimum Gasteiger partial charge on any atom is -0.392 e. The average molecular weight is 282 g/mol. The van der Waals surface area contributed by atoms with Crippen LogP contribution in [0.5, 0.6) is 0 Å². The van der Waals surface area contributed by atoms with Gasteiger partial charge >= 0.3 is 0 Å². The molecule has 0 aromatic heterocycles. The molecule has 1 unspecified atom stereocenters. The van der Waals surface area contributed by atoms with E-state index >= 15 is 0 Å². The number of hydrogen-bond donors (Lipinski definition) is 1. The van der Waals surface area contributed by atoms with Crippen LogP contribution in [-0.4, -0.2) is 11.2 Å². The van der Waals surface area contributed by atoms with Crippen LogP contribution in [0.4, 0.5) is 0 Å². The summed E-state index contributed by atoms with van der Waals surface area (Å²) < 4.78 is 0. The van der Waals surface area contributed by atoms with Crippen LogP contribution in [0.3, 0.4) is 0 Å². The van der Waals surface area contributed by atoms with Gasteiger partial charge in [-0.2, -0.15) is 0 Å². The smallest absolute Gasteiger partial charge is 0.0608 e. The number of benzene rings is 2. The fourth-order valence-electron chi connectivity index (χ4n) is 3.76. The van der Waals surface area contributed by atoms with Gasteiger partial charge in [0.15, 0.2) is 0 Å². The molecule has 1 aliphatic carbocycles. The average Bonchev–Trinajstić information content (AvgIpc) is 2.55. The van der Waals surface area contributed by atoms with Crippen molar-refractivity contribution in [2.75, 3.05) is 0 Å². The molecule has 0 spiro atoms. The van der Waals surface area contributed by atoms with Gasteiger partial charge in [0.25, 0.3) is 0 Å². The van der Waals surface area contributed by atoms with Crippen molar-refractivity contribution in [3.63, 3.8) is 0 Å². The molecule has 0 radical (unpaired) electrons. The van der Waals surface area contributed by atoms with Crippen molar-refractivity contribution >= 4 is 10.8 Å². The minimum absolute atomic E-state index is 0.177. The Kier molecular flexibility index (Phi) is 4.60. The van der Waals surface area contributed by atoms with Crippen LogP contribution in [0.25, 0.3) is 10.8 Å². The maximum atomic E-state index is 10.6. The molecule has 2 aromatic rings. The fraction of sp³-hybridized carbons (Fsp3) is 0.500. The molecule has 1 fully saturated rings. The number of aliphatic hydroxyl groups excluding tert-OH is 1. The third-order valence-electron chi connectivity index (χ3n) is 5.27.